The van der Waals surface area contributed by atoms with Gasteiger partial charge in [-0.2, -0.15) is 0 Å². The summed E-state index contributed by atoms with van der Waals surface area (Å²) in [5.41, 5.74) is 2.55. The van der Waals surface area contributed by atoms with Crippen molar-refractivity contribution in [3.05, 3.63) is 30.3 Å². The van der Waals surface area contributed by atoms with Gasteiger partial charge in [-0.05, 0) is 31.4 Å². The van der Waals surface area contributed by atoms with Crippen LogP contribution in [0.4, 0.5) is 5.69 Å². The molecular formula is C15H20N2. The molecule has 1 aromatic carbocycles. The molecule has 2 fully saturated rings. The van der Waals surface area contributed by atoms with Gasteiger partial charge in [-0.15, -0.1) is 0 Å². The number of fused-ring (bicyclic) bond motifs is 1. The average Bonchev–Trinajstić information content (AvgIpc) is 2.40. The van der Waals surface area contributed by atoms with E-state index < -0.39 is 0 Å². The zero-order valence-corrected chi connectivity index (χ0v) is 10.2. The molecule has 1 saturated carbocycles. The van der Waals surface area contributed by atoms with Crippen LogP contribution in [0, 0.1) is 5.92 Å². The van der Waals surface area contributed by atoms with Gasteiger partial charge < -0.3 is 5.32 Å². The maximum Gasteiger partial charge on any atom is 0.0629 e. The fraction of sp³-hybridized carbons (Fsp3) is 0.533. The van der Waals surface area contributed by atoms with E-state index in [0.717, 1.165) is 18.7 Å². The molecule has 2 atom stereocenters. The van der Waals surface area contributed by atoms with Crippen molar-refractivity contribution in [2.24, 2.45) is 10.9 Å². The lowest BCUT2D eigenvalue weighted by atomic mass is 9.78. The van der Waals surface area contributed by atoms with Gasteiger partial charge >= 0.3 is 0 Å². The first-order valence-electron chi connectivity index (χ1n) is 6.79. The summed E-state index contributed by atoms with van der Waals surface area (Å²) in [5, 5.41) is 3.66. The monoisotopic (exact) mass is 228 g/mol. The van der Waals surface area contributed by atoms with Crippen molar-refractivity contribution >= 4 is 11.4 Å². The molecule has 90 valence electrons. The molecule has 17 heavy (non-hydrogen) atoms. The van der Waals surface area contributed by atoms with Gasteiger partial charge in [0.1, 0.15) is 0 Å². The number of piperidine rings is 1. The molecule has 0 spiro atoms. The zero-order chi connectivity index (χ0) is 11.5. The van der Waals surface area contributed by atoms with Gasteiger partial charge in [0, 0.05) is 24.2 Å². The van der Waals surface area contributed by atoms with Crippen LogP contribution in [0.1, 0.15) is 32.1 Å². The Morgan fingerprint density at radius 3 is 2.76 bits per heavy atom. The normalized spacial score (nSPS) is 31.2. The quantitative estimate of drug-likeness (QED) is 0.783. The lowest BCUT2D eigenvalue weighted by Crippen LogP contribution is -2.47. The molecule has 2 aliphatic rings. The number of hydrogen-bond donors (Lipinski definition) is 1. The highest BCUT2D eigenvalue weighted by Crippen LogP contribution is 2.30. The lowest BCUT2D eigenvalue weighted by Gasteiger charge is -2.37. The van der Waals surface area contributed by atoms with E-state index in [1.54, 1.807) is 0 Å². The Bertz CT molecular complexity index is 395. The van der Waals surface area contributed by atoms with Crippen molar-refractivity contribution in [2.75, 3.05) is 6.54 Å². The topological polar surface area (TPSA) is 24.4 Å². The van der Waals surface area contributed by atoms with E-state index in [1.807, 2.05) is 0 Å². The van der Waals surface area contributed by atoms with E-state index in [-0.39, 0.29) is 0 Å². The molecule has 2 heteroatoms. The summed E-state index contributed by atoms with van der Waals surface area (Å²) >= 11 is 0. The molecule has 1 heterocycles. The van der Waals surface area contributed by atoms with Gasteiger partial charge in [-0.3, -0.25) is 4.99 Å². The molecule has 0 radical (unpaired) electrons. The minimum atomic E-state index is 0.692. The molecule has 1 saturated heterocycles. The summed E-state index contributed by atoms with van der Waals surface area (Å²) < 4.78 is 0. The van der Waals surface area contributed by atoms with Crippen molar-refractivity contribution in [1.29, 1.82) is 0 Å². The van der Waals surface area contributed by atoms with Gasteiger partial charge in [-0.1, -0.05) is 31.0 Å². The van der Waals surface area contributed by atoms with Crippen molar-refractivity contribution in [3.63, 3.8) is 0 Å². The highest BCUT2D eigenvalue weighted by atomic mass is 15.0. The fourth-order valence-electron chi connectivity index (χ4n) is 3.15. The van der Waals surface area contributed by atoms with E-state index in [9.17, 15) is 0 Å². The Hall–Kier alpha value is -1.15. The Morgan fingerprint density at radius 1 is 1.06 bits per heavy atom. The number of hydrogen-bond acceptors (Lipinski definition) is 2. The van der Waals surface area contributed by atoms with Crippen LogP contribution >= 0.6 is 0 Å². The minimum Gasteiger partial charge on any atom is -0.313 e. The van der Waals surface area contributed by atoms with Gasteiger partial charge in [0.15, 0.2) is 0 Å². The highest BCUT2D eigenvalue weighted by Gasteiger charge is 2.31. The second-order valence-electron chi connectivity index (χ2n) is 5.14. The maximum absolute atomic E-state index is 4.88. The predicted molar refractivity (Wildman–Crippen MR) is 71.9 cm³/mol. The third kappa shape index (κ3) is 2.42. The van der Waals surface area contributed by atoms with Gasteiger partial charge in [0.25, 0.3) is 0 Å². The summed E-state index contributed by atoms with van der Waals surface area (Å²) in [4.78, 5) is 4.88. The van der Waals surface area contributed by atoms with Crippen molar-refractivity contribution in [3.8, 4) is 0 Å². The molecule has 2 unspecified atom stereocenters. The minimum absolute atomic E-state index is 0.692. The molecule has 0 aromatic heterocycles. The number of benzene rings is 1. The van der Waals surface area contributed by atoms with Crippen LogP contribution in [0.3, 0.4) is 0 Å². The van der Waals surface area contributed by atoms with E-state index in [4.69, 9.17) is 4.99 Å². The fourth-order valence-corrected chi connectivity index (χ4v) is 3.15. The van der Waals surface area contributed by atoms with E-state index in [1.165, 1.54) is 31.4 Å². The summed E-state index contributed by atoms with van der Waals surface area (Å²) in [6.45, 7) is 1.10. The average molecular weight is 228 g/mol. The smallest absolute Gasteiger partial charge is 0.0629 e. The molecule has 1 aliphatic carbocycles. The van der Waals surface area contributed by atoms with Crippen LogP contribution in [0.15, 0.2) is 35.3 Å². The molecule has 1 N–H and O–H groups in total. The molecular weight excluding hydrogens is 208 g/mol. The first-order valence-corrected chi connectivity index (χ1v) is 6.79. The molecule has 0 amide bonds. The summed E-state index contributed by atoms with van der Waals surface area (Å²) in [6.07, 6.45) is 6.53. The summed E-state index contributed by atoms with van der Waals surface area (Å²) in [7, 11) is 0. The van der Waals surface area contributed by atoms with Crippen LogP contribution in [0.25, 0.3) is 0 Å². The number of nitrogens with zero attached hydrogens (tertiary/aromatic N) is 1. The molecule has 0 bridgehead atoms. The second kappa shape index (κ2) is 5.01. The predicted octanol–water partition coefficient (Wildman–Crippen LogP) is 3.31. The van der Waals surface area contributed by atoms with Crippen LogP contribution in [-0.4, -0.2) is 18.3 Å². The number of para-hydroxylation sites is 1. The molecule has 3 rings (SSSR count). The van der Waals surface area contributed by atoms with Gasteiger partial charge in [0.2, 0.25) is 0 Å². The SMILES string of the molecule is c1ccc(/N=C2\CCNC3CCCCC23)cc1. The Labute approximate surface area is 103 Å². The Kier molecular flexibility index (Phi) is 3.23. The van der Waals surface area contributed by atoms with Crippen molar-refractivity contribution in [2.45, 2.75) is 38.1 Å². The van der Waals surface area contributed by atoms with Gasteiger partial charge in [0.05, 0.1) is 5.69 Å². The number of nitrogens with one attached hydrogen (secondary N) is 1. The van der Waals surface area contributed by atoms with Crippen LogP contribution < -0.4 is 5.32 Å². The largest absolute Gasteiger partial charge is 0.313 e. The standard InChI is InChI=1S/C15H20N2/c1-2-6-12(7-3-1)17-15-10-11-16-14-9-5-4-8-13(14)15/h1-3,6-7,13-14,16H,4-5,8-11H2/b17-15+. The zero-order valence-electron chi connectivity index (χ0n) is 10.2. The van der Waals surface area contributed by atoms with Gasteiger partial charge in [-0.25, -0.2) is 0 Å². The number of aliphatic imine (C=N–C) groups is 1. The van der Waals surface area contributed by atoms with Crippen molar-refractivity contribution < 1.29 is 0 Å². The lowest BCUT2D eigenvalue weighted by molar-refractivity contribution is 0.305. The highest BCUT2D eigenvalue weighted by molar-refractivity contribution is 5.90. The first-order chi connectivity index (χ1) is 8.43. The van der Waals surface area contributed by atoms with Crippen LogP contribution in [0.2, 0.25) is 0 Å². The van der Waals surface area contributed by atoms with Crippen molar-refractivity contribution in [1.82, 2.24) is 5.32 Å². The Balaban J connectivity index is 1.83. The first kappa shape index (κ1) is 11.0. The summed E-state index contributed by atoms with van der Waals surface area (Å²) in [6, 6.07) is 11.1. The van der Waals surface area contributed by atoms with E-state index in [0.29, 0.717) is 12.0 Å². The van der Waals surface area contributed by atoms with E-state index in [2.05, 4.69) is 35.6 Å². The van der Waals surface area contributed by atoms with Crippen LogP contribution in [-0.2, 0) is 0 Å². The molecule has 1 aromatic rings. The summed E-state index contributed by atoms with van der Waals surface area (Å²) in [5.74, 6) is 0.692. The third-order valence-corrected chi connectivity index (χ3v) is 4.01. The molecule has 1 aliphatic heterocycles. The van der Waals surface area contributed by atoms with E-state index >= 15 is 0 Å². The maximum atomic E-state index is 4.88. The number of rotatable bonds is 1. The second-order valence-corrected chi connectivity index (χ2v) is 5.14. The van der Waals surface area contributed by atoms with Crippen LogP contribution in [0.5, 0.6) is 0 Å². The molecule has 2 nitrogen and oxygen atoms in total. The Morgan fingerprint density at radius 2 is 1.88 bits per heavy atom. The third-order valence-electron chi connectivity index (χ3n) is 4.01.